The van der Waals surface area contributed by atoms with Crippen molar-refractivity contribution in [3.63, 3.8) is 0 Å². The Kier molecular flexibility index (Phi) is 4.81. The first kappa shape index (κ1) is 19.3. The lowest BCUT2D eigenvalue weighted by molar-refractivity contribution is 0.180. The van der Waals surface area contributed by atoms with Gasteiger partial charge in [-0.1, -0.05) is 24.3 Å². The van der Waals surface area contributed by atoms with E-state index in [4.69, 9.17) is 9.40 Å². The third kappa shape index (κ3) is 3.41. The summed E-state index contributed by atoms with van der Waals surface area (Å²) >= 11 is 1.48. The van der Waals surface area contributed by atoms with Crippen molar-refractivity contribution in [1.82, 2.24) is 29.6 Å². The van der Waals surface area contributed by atoms with E-state index in [1.807, 2.05) is 29.9 Å². The summed E-state index contributed by atoms with van der Waals surface area (Å²) in [6.45, 7) is 1.64. The molecule has 0 radical (unpaired) electrons. The molecule has 1 unspecified atom stereocenters. The van der Waals surface area contributed by atoms with Crippen LogP contribution in [-0.2, 0) is 20.0 Å². The number of rotatable bonds is 5. The minimum atomic E-state index is 0.0484. The molecule has 6 rings (SSSR count). The second-order valence-corrected chi connectivity index (χ2v) is 8.96. The van der Waals surface area contributed by atoms with Crippen LogP contribution in [-0.4, -0.2) is 36.2 Å². The number of aromatic amines is 1. The molecule has 32 heavy (non-hydrogen) atoms. The maximum atomic E-state index is 6.16. The largest absolute Gasteiger partial charge is 0.453 e. The lowest BCUT2D eigenvalue weighted by Gasteiger charge is -2.34. The van der Waals surface area contributed by atoms with Crippen molar-refractivity contribution in [3.05, 3.63) is 89.8 Å². The fourth-order valence-electron chi connectivity index (χ4n) is 4.49. The van der Waals surface area contributed by atoms with Gasteiger partial charge in [-0.25, -0.2) is 0 Å². The van der Waals surface area contributed by atoms with Crippen LogP contribution < -0.4 is 0 Å². The van der Waals surface area contributed by atoms with E-state index >= 15 is 0 Å². The van der Waals surface area contributed by atoms with E-state index in [1.54, 1.807) is 6.33 Å². The number of hydrogen-bond acceptors (Lipinski definition) is 6. The molecule has 0 amide bonds. The normalized spacial score (nSPS) is 16.5. The molecule has 1 N–H and O–H groups in total. The highest BCUT2D eigenvalue weighted by Gasteiger charge is 2.33. The van der Waals surface area contributed by atoms with Crippen LogP contribution in [0.15, 0.2) is 81.8 Å². The average molecular weight is 443 g/mol. The minimum absolute atomic E-state index is 0.0484. The molecule has 0 fully saturated rings. The van der Waals surface area contributed by atoms with Crippen molar-refractivity contribution in [3.8, 4) is 0 Å². The van der Waals surface area contributed by atoms with Crippen LogP contribution in [0.1, 0.15) is 28.8 Å². The summed E-state index contributed by atoms with van der Waals surface area (Å²) < 4.78 is 8.04. The van der Waals surface area contributed by atoms with Gasteiger partial charge in [0, 0.05) is 36.4 Å². The molecule has 0 saturated heterocycles. The smallest absolute Gasteiger partial charge is 0.198 e. The third-order valence-corrected chi connectivity index (χ3v) is 6.93. The number of H-pyrrole nitrogens is 1. The molecule has 1 aliphatic rings. The molecule has 0 spiro atoms. The van der Waals surface area contributed by atoms with Gasteiger partial charge in [0.25, 0.3) is 0 Å². The number of benzene rings is 1. The zero-order valence-corrected chi connectivity index (χ0v) is 18.4. The van der Waals surface area contributed by atoms with Gasteiger partial charge in [-0.3, -0.25) is 9.88 Å². The van der Waals surface area contributed by atoms with Crippen LogP contribution in [0.2, 0.25) is 0 Å². The van der Waals surface area contributed by atoms with Gasteiger partial charge in [0.1, 0.15) is 12.1 Å². The van der Waals surface area contributed by atoms with E-state index < -0.39 is 0 Å². The summed E-state index contributed by atoms with van der Waals surface area (Å²) in [6, 6.07) is 18.8. The Morgan fingerprint density at radius 1 is 1.12 bits per heavy atom. The van der Waals surface area contributed by atoms with Crippen molar-refractivity contribution in [2.24, 2.45) is 7.05 Å². The molecule has 4 aromatic heterocycles. The highest BCUT2D eigenvalue weighted by atomic mass is 32.2. The zero-order valence-electron chi connectivity index (χ0n) is 17.6. The van der Waals surface area contributed by atoms with E-state index in [9.17, 15) is 0 Å². The van der Waals surface area contributed by atoms with Crippen molar-refractivity contribution >= 4 is 22.7 Å². The molecule has 0 aliphatic carbocycles. The van der Waals surface area contributed by atoms with Crippen LogP contribution >= 0.6 is 11.8 Å². The highest BCUT2D eigenvalue weighted by molar-refractivity contribution is 7.99. The van der Waals surface area contributed by atoms with Crippen LogP contribution in [0, 0.1) is 0 Å². The maximum Gasteiger partial charge on any atom is 0.198 e. The Balaban J connectivity index is 1.33. The SMILES string of the molecule is Cn1cnnc1Sc1ccc(CN2CCc3c([nH]c4ccccc34)C2c2ccccn2)o1. The van der Waals surface area contributed by atoms with Crippen molar-refractivity contribution < 1.29 is 4.42 Å². The Morgan fingerprint density at radius 3 is 2.88 bits per heavy atom. The second-order valence-electron chi connectivity index (χ2n) is 7.99. The average Bonchev–Trinajstić information content (AvgIpc) is 3.53. The van der Waals surface area contributed by atoms with Crippen LogP contribution in [0.4, 0.5) is 0 Å². The monoisotopic (exact) mass is 442 g/mol. The number of aryl methyl sites for hydroxylation is 1. The predicted octanol–water partition coefficient (Wildman–Crippen LogP) is 4.58. The molecule has 0 bridgehead atoms. The van der Waals surface area contributed by atoms with E-state index in [2.05, 4.69) is 62.5 Å². The van der Waals surface area contributed by atoms with Gasteiger partial charge < -0.3 is 14.0 Å². The number of nitrogens with one attached hydrogen (secondary N) is 1. The van der Waals surface area contributed by atoms with E-state index in [0.717, 1.165) is 34.7 Å². The van der Waals surface area contributed by atoms with Gasteiger partial charge in [-0.05, 0) is 54.1 Å². The number of pyridine rings is 1. The molecule has 7 nitrogen and oxygen atoms in total. The highest BCUT2D eigenvalue weighted by Crippen LogP contribution is 2.39. The summed E-state index contributed by atoms with van der Waals surface area (Å²) in [5.41, 5.74) is 4.85. The molecule has 1 aliphatic heterocycles. The summed E-state index contributed by atoms with van der Waals surface area (Å²) in [4.78, 5) is 10.8. The van der Waals surface area contributed by atoms with Crippen LogP contribution in [0.5, 0.6) is 0 Å². The first-order chi connectivity index (χ1) is 15.8. The summed E-state index contributed by atoms with van der Waals surface area (Å²) in [5, 5.41) is 11.0. The van der Waals surface area contributed by atoms with Crippen molar-refractivity contribution in [2.75, 3.05) is 6.54 Å². The Hall–Kier alpha value is -3.36. The molecule has 5 aromatic rings. The number of furan rings is 1. The summed E-state index contributed by atoms with van der Waals surface area (Å²) in [6.07, 6.45) is 4.55. The standard InChI is InChI=1S/C24H22N6OS/c1-29-15-26-28-24(29)32-21-10-9-16(31-21)14-30-13-11-18-17-6-2-3-7-19(17)27-22(18)23(30)20-8-4-5-12-25-20/h2-10,12,15,23,27H,11,13-14H2,1H3. The topological polar surface area (TPSA) is 75.8 Å². The van der Waals surface area contributed by atoms with Gasteiger partial charge in [0.15, 0.2) is 10.2 Å². The van der Waals surface area contributed by atoms with Crippen molar-refractivity contribution in [2.45, 2.75) is 29.3 Å². The lowest BCUT2D eigenvalue weighted by atomic mass is 9.95. The first-order valence-corrected chi connectivity index (χ1v) is 11.4. The van der Waals surface area contributed by atoms with Crippen LogP contribution in [0.3, 0.4) is 0 Å². The minimum Gasteiger partial charge on any atom is -0.453 e. The Morgan fingerprint density at radius 2 is 2.03 bits per heavy atom. The van der Waals surface area contributed by atoms with Gasteiger partial charge in [-0.2, -0.15) is 0 Å². The fourth-order valence-corrected chi connectivity index (χ4v) is 5.23. The first-order valence-electron chi connectivity index (χ1n) is 10.6. The molecule has 160 valence electrons. The molecule has 5 heterocycles. The summed E-state index contributed by atoms with van der Waals surface area (Å²) in [7, 11) is 1.93. The number of para-hydroxylation sites is 1. The number of fused-ring (bicyclic) bond motifs is 3. The predicted molar refractivity (Wildman–Crippen MR) is 122 cm³/mol. The molecule has 0 saturated carbocycles. The van der Waals surface area contributed by atoms with Gasteiger partial charge in [0.05, 0.1) is 18.3 Å². The fraction of sp³-hybridized carbons (Fsp3) is 0.208. The molecular weight excluding hydrogens is 420 g/mol. The Bertz CT molecular complexity index is 1370. The maximum absolute atomic E-state index is 6.16. The lowest BCUT2D eigenvalue weighted by Crippen LogP contribution is -2.36. The van der Waals surface area contributed by atoms with Crippen molar-refractivity contribution in [1.29, 1.82) is 0 Å². The Labute approximate surface area is 189 Å². The molecule has 1 aromatic carbocycles. The van der Waals surface area contributed by atoms with E-state index in [-0.39, 0.29) is 6.04 Å². The van der Waals surface area contributed by atoms with Gasteiger partial charge in [-0.15, -0.1) is 10.2 Å². The number of aromatic nitrogens is 5. The molecule has 1 atom stereocenters. The van der Waals surface area contributed by atoms with Crippen LogP contribution in [0.25, 0.3) is 10.9 Å². The zero-order chi connectivity index (χ0) is 21.5. The van der Waals surface area contributed by atoms with E-state index in [1.165, 1.54) is 33.9 Å². The molecular formula is C24H22N6OS. The quantitative estimate of drug-likeness (QED) is 0.429. The van der Waals surface area contributed by atoms with Gasteiger partial charge in [0.2, 0.25) is 0 Å². The summed E-state index contributed by atoms with van der Waals surface area (Å²) in [5.74, 6) is 0.926. The third-order valence-electron chi connectivity index (χ3n) is 5.96. The second kappa shape index (κ2) is 7.96. The van der Waals surface area contributed by atoms with Gasteiger partial charge >= 0.3 is 0 Å². The number of hydrogen-bond donors (Lipinski definition) is 1. The molecule has 8 heteroatoms. The van der Waals surface area contributed by atoms with E-state index in [0.29, 0.717) is 6.54 Å². The number of nitrogens with zero attached hydrogens (tertiary/aromatic N) is 5.